The maximum atomic E-state index is 12.0. The van der Waals surface area contributed by atoms with Crippen LogP contribution in [0.3, 0.4) is 0 Å². The van der Waals surface area contributed by atoms with E-state index in [1.54, 1.807) is 12.1 Å². The van der Waals surface area contributed by atoms with Crippen LogP contribution in [0.1, 0.15) is 17.2 Å². The van der Waals surface area contributed by atoms with Gasteiger partial charge in [-0.15, -0.1) is 0 Å². The standard InChI is InChI=1S/C14H12BrF2NO/c15-11-5-1-9(2-6-11)13(18)10-3-7-12(8-4-10)19-14(16)17/h1-8,13-14H,18H2. The molecule has 0 saturated carbocycles. The van der Waals surface area contributed by atoms with Crippen LogP contribution in [0.5, 0.6) is 5.75 Å². The molecule has 2 aromatic rings. The summed E-state index contributed by atoms with van der Waals surface area (Å²) in [5, 5.41) is 0. The summed E-state index contributed by atoms with van der Waals surface area (Å²) >= 11 is 3.35. The molecular formula is C14H12BrF2NO. The summed E-state index contributed by atoms with van der Waals surface area (Å²) in [5.41, 5.74) is 7.90. The van der Waals surface area contributed by atoms with Crippen LogP contribution in [0.4, 0.5) is 8.78 Å². The Morgan fingerprint density at radius 1 is 0.895 bits per heavy atom. The third-order valence-electron chi connectivity index (χ3n) is 2.69. The lowest BCUT2D eigenvalue weighted by molar-refractivity contribution is -0.0498. The molecule has 100 valence electrons. The highest BCUT2D eigenvalue weighted by molar-refractivity contribution is 9.10. The van der Waals surface area contributed by atoms with Crippen LogP contribution in [0, 0.1) is 0 Å². The van der Waals surface area contributed by atoms with Crippen molar-refractivity contribution >= 4 is 15.9 Å². The molecule has 0 heterocycles. The van der Waals surface area contributed by atoms with E-state index in [-0.39, 0.29) is 11.8 Å². The summed E-state index contributed by atoms with van der Waals surface area (Å²) in [4.78, 5) is 0. The van der Waals surface area contributed by atoms with Crippen LogP contribution in [0.25, 0.3) is 0 Å². The predicted octanol–water partition coefficient (Wildman–Crippen LogP) is 4.10. The van der Waals surface area contributed by atoms with Crippen LogP contribution >= 0.6 is 15.9 Å². The van der Waals surface area contributed by atoms with Crippen LogP contribution in [-0.4, -0.2) is 6.61 Å². The molecule has 2 aromatic carbocycles. The molecule has 0 saturated heterocycles. The molecule has 1 atom stereocenters. The molecule has 0 aliphatic heterocycles. The van der Waals surface area contributed by atoms with Gasteiger partial charge in [0.1, 0.15) is 5.75 Å². The Hall–Kier alpha value is -1.46. The minimum Gasteiger partial charge on any atom is -0.435 e. The molecule has 5 heteroatoms. The Labute approximate surface area is 118 Å². The molecule has 0 amide bonds. The van der Waals surface area contributed by atoms with Crippen molar-refractivity contribution in [3.05, 3.63) is 64.1 Å². The first kappa shape index (κ1) is 14.0. The third kappa shape index (κ3) is 3.75. The average Bonchev–Trinajstić information content (AvgIpc) is 2.39. The van der Waals surface area contributed by atoms with Crippen LogP contribution in [0.2, 0.25) is 0 Å². The number of halogens is 3. The number of alkyl halides is 2. The fourth-order valence-corrected chi connectivity index (χ4v) is 1.98. The molecular weight excluding hydrogens is 316 g/mol. The van der Waals surface area contributed by atoms with Crippen molar-refractivity contribution in [1.29, 1.82) is 0 Å². The van der Waals surface area contributed by atoms with Crippen LogP contribution in [-0.2, 0) is 0 Å². The fourth-order valence-electron chi connectivity index (χ4n) is 1.72. The summed E-state index contributed by atoms with van der Waals surface area (Å²) in [5.74, 6) is 0.127. The van der Waals surface area contributed by atoms with E-state index in [4.69, 9.17) is 5.73 Å². The highest BCUT2D eigenvalue weighted by Gasteiger charge is 2.10. The van der Waals surface area contributed by atoms with Gasteiger partial charge in [0.2, 0.25) is 0 Å². The molecule has 2 N–H and O–H groups in total. The van der Waals surface area contributed by atoms with Gasteiger partial charge in [-0.1, -0.05) is 40.2 Å². The number of hydrogen-bond acceptors (Lipinski definition) is 2. The normalized spacial score (nSPS) is 12.5. The van der Waals surface area contributed by atoms with Gasteiger partial charge in [-0.3, -0.25) is 0 Å². The minimum absolute atomic E-state index is 0.127. The Bertz CT molecular complexity index is 528. The number of rotatable bonds is 4. The Morgan fingerprint density at radius 3 is 1.84 bits per heavy atom. The van der Waals surface area contributed by atoms with Gasteiger partial charge >= 0.3 is 6.61 Å². The molecule has 0 spiro atoms. The largest absolute Gasteiger partial charge is 0.435 e. The lowest BCUT2D eigenvalue weighted by Crippen LogP contribution is -2.11. The van der Waals surface area contributed by atoms with Gasteiger partial charge in [-0.05, 0) is 35.4 Å². The zero-order chi connectivity index (χ0) is 13.8. The lowest BCUT2D eigenvalue weighted by atomic mass is 10.00. The first-order valence-corrected chi connectivity index (χ1v) is 6.41. The summed E-state index contributed by atoms with van der Waals surface area (Å²) < 4.78 is 29.3. The van der Waals surface area contributed by atoms with Crippen molar-refractivity contribution in [2.75, 3.05) is 0 Å². The van der Waals surface area contributed by atoms with E-state index in [0.717, 1.165) is 15.6 Å². The van der Waals surface area contributed by atoms with E-state index >= 15 is 0 Å². The highest BCUT2D eigenvalue weighted by atomic mass is 79.9. The second-order valence-electron chi connectivity index (χ2n) is 3.98. The zero-order valence-corrected chi connectivity index (χ0v) is 11.5. The molecule has 0 radical (unpaired) electrons. The van der Waals surface area contributed by atoms with Crippen molar-refractivity contribution in [1.82, 2.24) is 0 Å². The van der Waals surface area contributed by atoms with E-state index in [1.165, 1.54) is 12.1 Å². The maximum Gasteiger partial charge on any atom is 0.387 e. The van der Waals surface area contributed by atoms with Gasteiger partial charge in [0.25, 0.3) is 0 Å². The fraction of sp³-hybridized carbons (Fsp3) is 0.143. The van der Waals surface area contributed by atoms with Gasteiger partial charge < -0.3 is 10.5 Å². The van der Waals surface area contributed by atoms with Crippen molar-refractivity contribution in [2.24, 2.45) is 5.73 Å². The molecule has 0 aliphatic rings. The summed E-state index contributed by atoms with van der Waals surface area (Å²) in [6.45, 7) is -2.81. The van der Waals surface area contributed by atoms with Crippen molar-refractivity contribution in [2.45, 2.75) is 12.7 Å². The van der Waals surface area contributed by atoms with Gasteiger partial charge in [0, 0.05) is 4.47 Å². The third-order valence-corrected chi connectivity index (χ3v) is 3.22. The average molecular weight is 328 g/mol. The van der Waals surface area contributed by atoms with Crippen molar-refractivity contribution < 1.29 is 13.5 Å². The van der Waals surface area contributed by atoms with E-state index in [9.17, 15) is 8.78 Å². The Morgan fingerprint density at radius 2 is 1.37 bits per heavy atom. The highest BCUT2D eigenvalue weighted by Crippen LogP contribution is 2.24. The quantitative estimate of drug-likeness (QED) is 0.917. The van der Waals surface area contributed by atoms with E-state index in [2.05, 4.69) is 20.7 Å². The number of nitrogens with two attached hydrogens (primary N) is 1. The zero-order valence-electron chi connectivity index (χ0n) is 9.89. The Kier molecular flexibility index (Phi) is 4.50. The monoisotopic (exact) mass is 327 g/mol. The number of hydrogen-bond donors (Lipinski definition) is 1. The summed E-state index contributed by atoms with van der Waals surface area (Å²) in [6, 6.07) is 13.7. The van der Waals surface area contributed by atoms with Crippen LogP contribution in [0.15, 0.2) is 53.0 Å². The van der Waals surface area contributed by atoms with Crippen LogP contribution < -0.4 is 10.5 Å². The topological polar surface area (TPSA) is 35.2 Å². The maximum absolute atomic E-state index is 12.0. The summed E-state index contributed by atoms with van der Waals surface area (Å²) in [7, 11) is 0. The van der Waals surface area contributed by atoms with Crippen molar-refractivity contribution in [3.8, 4) is 5.75 Å². The first-order valence-electron chi connectivity index (χ1n) is 5.62. The first-order chi connectivity index (χ1) is 9.06. The lowest BCUT2D eigenvalue weighted by Gasteiger charge is -2.13. The van der Waals surface area contributed by atoms with Gasteiger partial charge in [0.15, 0.2) is 0 Å². The molecule has 1 unspecified atom stereocenters. The predicted molar refractivity (Wildman–Crippen MR) is 73.2 cm³/mol. The Balaban J connectivity index is 2.15. The van der Waals surface area contributed by atoms with Gasteiger partial charge in [-0.2, -0.15) is 8.78 Å². The molecule has 0 aromatic heterocycles. The molecule has 0 bridgehead atoms. The molecule has 0 fully saturated rings. The van der Waals surface area contributed by atoms with Crippen molar-refractivity contribution in [3.63, 3.8) is 0 Å². The summed E-state index contributed by atoms with van der Waals surface area (Å²) in [6.07, 6.45) is 0. The molecule has 0 aliphatic carbocycles. The molecule has 2 nitrogen and oxygen atoms in total. The van der Waals surface area contributed by atoms with E-state index in [1.807, 2.05) is 24.3 Å². The SMILES string of the molecule is NC(c1ccc(Br)cc1)c1ccc(OC(F)F)cc1. The van der Waals surface area contributed by atoms with E-state index in [0.29, 0.717) is 0 Å². The van der Waals surface area contributed by atoms with E-state index < -0.39 is 6.61 Å². The second kappa shape index (κ2) is 6.12. The molecule has 19 heavy (non-hydrogen) atoms. The smallest absolute Gasteiger partial charge is 0.387 e. The van der Waals surface area contributed by atoms with Gasteiger partial charge in [-0.25, -0.2) is 0 Å². The van der Waals surface area contributed by atoms with Gasteiger partial charge in [0.05, 0.1) is 6.04 Å². The molecule has 2 rings (SSSR count). The second-order valence-corrected chi connectivity index (χ2v) is 4.89. The number of ether oxygens (including phenoxy) is 1. The number of benzene rings is 2. The minimum atomic E-state index is -2.81.